The van der Waals surface area contributed by atoms with Gasteiger partial charge in [0.15, 0.2) is 0 Å². The van der Waals surface area contributed by atoms with Gasteiger partial charge in [-0.3, -0.25) is 0 Å². The quantitative estimate of drug-likeness (QED) is 0.286. The molecule has 0 aromatic carbocycles. The first-order chi connectivity index (χ1) is 3.91. The molecule has 0 saturated carbocycles. The minimum Gasteiger partial charge on any atom is -0.368 e. The lowest BCUT2D eigenvalue weighted by Gasteiger charge is -2.02. The molecule has 0 heterocycles. The average Bonchev–Trinajstić information content (AvgIpc) is 1.81. The van der Waals surface area contributed by atoms with Gasteiger partial charge in [0.1, 0.15) is 13.5 Å². The third kappa shape index (κ3) is 5.84. The second kappa shape index (κ2) is 6.84. The molecule has 4 nitrogen and oxygen atoms in total. The second-order valence-electron chi connectivity index (χ2n) is 1.22. The number of hydrogen-bond donors (Lipinski definition) is 2. The van der Waals surface area contributed by atoms with E-state index in [9.17, 15) is 0 Å². The van der Waals surface area contributed by atoms with E-state index in [0.29, 0.717) is 13.5 Å². The maximum absolute atomic E-state index is 4.66. The first kappa shape index (κ1) is 7.84. The van der Waals surface area contributed by atoms with Crippen LogP contribution in [0.4, 0.5) is 0 Å². The summed E-state index contributed by atoms with van der Waals surface area (Å²) in [4.78, 5) is 0. The van der Waals surface area contributed by atoms with Crippen LogP contribution < -0.4 is 10.9 Å². The minimum absolute atomic E-state index is 0.489. The van der Waals surface area contributed by atoms with Gasteiger partial charge in [-0.15, -0.1) is 0 Å². The minimum atomic E-state index is 0.489. The molecule has 0 aliphatic heterocycles. The summed E-state index contributed by atoms with van der Waals surface area (Å²) in [6, 6.07) is 0. The third-order valence-corrected chi connectivity index (χ3v) is 0.558. The van der Waals surface area contributed by atoms with E-state index in [-0.39, 0.29) is 0 Å². The number of hydrazine groups is 1. The van der Waals surface area contributed by atoms with E-state index in [1.54, 1.807) is 14.2 Å². The largest absolute Gasteiger partial charge is 0.368 e. The Hall–Kier alpha value is -0.160. The van der Waals surface area contributed by atoms with Crippen molar-refractivity contribution >= 4 is 0 Å². The second-order valence-corrected chi connectivity index (χ2v) is 1.22. The van der Waals surface area contributed by atoms with Crippen LogP contribution in [0, 0.1) is 0 Å². The molecule has 0 amide bonds. The van der Waals surface area contributed by atoms with Gasteiger partial charge in [0.25, 0.3) is 0 Å². The normalized spacial score (nSPS) is 9.75. The van der Waals surface area contributed by atoms with Crippen LogP contribution in [0.1, 0.15) is 0 Å². The van der Waals surface area contributed by atoms with Crippen LogP contribution >= 0.6 is 0 Å². The summed E-state index contributed by atoms with van der Waals surface area (Å²) in [7, 11) is 3.23. The number of ether oxygens (including phenoxy) is 2. The van der Waals surface area contributed by atoms with E-state index in [0.717, 1.165) is 0 Å². The Balaban J connectivity index is 2.53. The van der Waals surface area contributed by atoms with Gasteiger partial charge in [0.2, 0.25) is 0 Å². The molecule has 2 N–H and O–H groups in total. The fourth-order valence-corrected chi connectivity index (χ4v) is 0.246. The van der Waals surface area contributed by atoms with Gasteiger partial charge in [0, 0.05) is 14.2 Å². The predicted octanol–water partition coefficient (Wildman–Crippen LogP) is -0.712. The van der Waals surface area contributed by atoms with Crippen molar-refractivity contribution in [2.75, 3.05) is 27.7 Å². The first-order valence-electron chi connectivity index (χ1n) is 2.35. The average molecular weight is 120 g/mol. The number of nitrogens with one attached hydrogen (secondary N) is 2. The van der Waals surface area contributed by atoms with Gasteiger partial charge in [-0.05, 0) is 0 Å². The van der Waals surface area contributed by atoms with Crippen molar-refractivity contribution in [2.45, 2.75) is 0 Å². The van der Waals surface area contributed by atoms with Crippen molar-refractivity contribution < 1.29 is 9.47 Å². The standard InChI is InChI=1S/C4H12N2O2/c1-7-3-5-6-4-8-2/h5-6H,3-4H2,1-2H3. The Morgan fingerprint density at radius 2 is 1.38 bits per heavy atom. The highest BCUT2D eigenvalue weighted by Crippen LogP contribution is 1.55. The maximum Gasteiger partial charge on any atom is 0.109 e. The highest BCUT2D eigenvalue weighted by molar-refractivity contribution is 4.18. The highest BCUT2D eigenvalue weighted by Gasteiger charge is 1.77. The molecule has 0 fully saturated rings. The Kier molecular flexibility index (Phi) is 6.70. The zero-order valence-electron chi connectivity index (χ0n) is 5.23. The lowest BCUT2D eigenvalue weighted by atomic mass is 11.2. The molecule has 8 heavy (non-hydrogen) atoms. The van der Waals surface area contributed by atoms with Gasteiger partial charge >= 0.3 is 0 Å². The highest BCUT2D eigenvalue weighted by atomic mass is 16.5. The molecule has 4 heteroatoms. The molecular weight excluding hydrogens is 108 g/mol. The van der Waals surface area contributed by atoms with Gasteiger partial charge in [-0.25, -0.2) is 10.9 Å². The summed E-state index contributed by atoms with van der Waals surface area (Å²) in [6.45, 7) is 0.979. The van der Waals surface area contributed by atoms with Crippen molar-refractivity contribution in [3.05, 3.63) is 0 Å². The van der Waals surface area contributed by atoms with Crippen LogP contribution in [0.5, 0.6) is 0 Å². The van der Waals surface area contributed by atoms with Crippen LogP contribution in [0.15, 0.2) is 0 Å². The molecule has 0 aromatic heterocycles. The summed E-state index contributed by atoms with van der Waals surface area (Å²) >= 11 is 0. The Morgan fingerprint density at radius 1 is 1.00 bits per heavy atom. The van der Waals surface area contributed by atoms with E-state index >= 15 is 0 Å². The molecule has 50 valence electrons. The Morgan fingerprint density at radius 3 is 1.62 bits per heavy atom. The maximum atomic E-state index is 4.66. The molecule has 0 aliphatic carbocycles. The third-order valence-electron chi connectivity index (χ3n) is 0.558. The van der Waals surface area contributed by atoms with Gasteiger partial charge < -0.3 is 9.47 Å². The molecule has 0 atom stereocenters. The topological polar surface area (TPSA) is 42.5 Å². The fraction of sp³-hybridized carbons (Fsp3) is 1.00. The van der Waals surface area contributed by atoms with Crippen LogP contribution in [0.2, 0.25) is 0 Å². The predicted molar refractivity (Wildman–Crippen MR) is 30.0 cm³/mol. The lowest BCUT2D eigenvalue weighted by molar-refractivity contribution is 0.116. The molecule has 0 radical (unpaired) electrons. The van der Waals surface area contributed by atoms with Crippen molar-refractivity contribution in [1.29, 1.82) is 0 Å². The van der Waals surface area contributed by atoms with Crippen molar-refractivity contribution in [3.63, 3.8) is 0 Å². The van der Waals surface area contributed by atoms with E-state index in [1.807, 2.05) is 0 Å². The van der Waals surface area contributed by atoms with Crippen LogP contribution in [0.3, 0.4) is 0 Å². The lowest BCUT2D eigenvalue weighted by Crippen LogP contribution is -2.34. The smallest absolute Gasteiger partial charge is 0.109 e. The zero-order valence-corrected chi connectivity index (χ0v) is 5.23. The van der Waals surface area contributed by atoms with Gasteiger partial charge in [-0.1, -0.05) is 0 Å². The fourth-order valence-electron chi connectivity index (χ4n) is 0.246. The molecule has 0 bridgehead atoms. The van der Waals surface area contributed by atoms with Crippen molar-refractivity contribution in [1.82, 2.24) is 10.9 Å². The molecule has 0 spiro atoms. The summed E-state index contributed by atoms with van der Waals surface area (Å²) in [5.74, 6) is 0. The molecule has 0 rings (SSSR count). The van der Waals surface area contributed by atoms with E-state index < -0.39 is 0 Å². The van der Waals surface area contributed by atoms with Crippen molar-refractivity contribution in [3.8, 4) is 0 Å². The van der Waals surface area contributed by atoms with E-state index in [2.05, 4.69) is 20.3 Å². The molecule has 0 saturated heterocycles. The summed E-state index contributed by atoms with van der Waals surface area (Å²) in [5.41, 5.74) is 5.48. The SMILES string of the molecule is COCNNCOC. The first-order valence-corrected chi connectivity index (χ1v) is 2.35. The summed E-state index contributed by atoms with van der Waals surface area (Å²) in [6.07, 6.45) is 0. The number of methoxy groups -OCH3 is 2. The molecule has 0 aromatic rings. The van der Waals surface area contributed by atoms with Crippen LogP contribution in [0.25, 0.3) is 0 Å². The van der Waals surface area contributed by atoms with Crippen LogP contribution in [-0.2, 0) is 9.47 Å². The molecular formula is C4H12N2O2. The van der Waals surface area contributed by atoms with Gasteiger partial charge in [-0.2, -0.15) is 0 Å². The Labute approximate surface area is 49.1 Å². The number of rotatable bonds is 5. The monoisotopic (exact) mass is 120 g/mol. The number of hydrogen-bond acceptors (Lipinski definition) is 4. The van der Waals surface area contributed by atoms with E-state index in [1.165, 1.54) is 0 Å². The Bertz CT molecular complexity index is 37.0. The van der Waals surface area contributed by atoms with E-state index in [4.69, 9.17) is 0 Å². The van der Waals surface area contributed by atoms with Crippen molar-refractivity contribution in [2.24, 2.45) is 0 Å². The summed E-state index contributed by atoms with van der Waals surface area (Å²) < 4.78 is 9.32. The van der Waals surface area contributed by atoms with Crippen LogP contribution in [-0.4, -0.2) is 27.7 Å². The van der Waals surface area contributed by atoms with Gasteiger partial charge in [0.05, 0.1) is 0 Å². The zero-order chi connectivity index (χ0) is 6.24. The molecule has 0 unspecified atom stereocenters. The molecule has 0 aliphatic rings. The summed E-state index contributed by atoms with van der Waals surface area (Å²) in [5, 5.41) is 0.